The topological polar surface area (TPSA) is 106 Å². The van der Waals surface area contributed by atoms with Gasteiger partial charge in [-0.3, -0.25) is 14.5 Å². The minimum atomic E-state index is -0.272. The summed E-state index contributed by atoms with van der Waals surface area (Å²) >= 11 is 0. The monoisotopic (exact) mass is 430 g/mol. The highest BCUT2D eigenvalue weighted by atomic mass is 16.5. The van der Waals surface area contributed by atoms with Crippen molar-refractivity contribution in [2.75, 3.05) is 44.7 Å². The van der Waals surface area contributed by atoms with Gasteiger partial charge in [0.05, 0.1) is 13.2 Å². The van der Waals surface area contributed by atoms with Gasteiger partial charge in [0, 0.05) is 44.4 Å². The fourth-order valence-corrected chi connectivity index (χ4v) is 3.08. The lowest BCUT2D eigenvalue weighted by molar-refractivity contribution is -0.116. The second-order valence-electron chi connectivity index (χ2n) is 7.35. The highest BCUT2D eigenvalue weighted by molar-refractivity contribution is 5.92. The molecule has 1 aliphatic rings. The Morgan fingerprint density at radius 1 is 1.19 bits per heavy atom. The number of nitrogens with one attached hydrogen (secondary N) is 2. The molecule has 2 heterocycles. The summed E-state index contributed by atoms with van der Waals surface area (Å²) in [5.74, 6) is 0.814. The molecule has 1 saturated heterocycles. The third kappa shape index (κ3) is 7.69. The van der Waals surface area contributed by atoms with Gasteiger partial charge in [0.2, 0.25) is 5.91 Å². The van der Waals surface area contributed by atoms with Gasteiger partial charge < -0.3 is 24.6 Å². The molecule has 2 amide bonds. The summed E-state index contributed by atoms with van der Waals surface area (Å²) in [7, 11) is 0. The van der Waals surface area contributed by atoms with Crippen LogP contribution in [0.5, 0.6) is 5.75 Å². The van der Waals surface area contributed by atoms with Crippen LogP contribution in [0.2, 0.25) is 0 Å². The number of anilines is 1. The third-order valence-corrected chi connectivity index (χ3v) is 4.89. The van der Waals surface area contributed by atoms with E-state index < -0.39 is 0 Å². The summed E-state index contributed by atoms with van der Waals surface area (Å²) in [4.78, 5) is 26.2. The van der Waals surface area contributed by atoms with Gasteiger partial charge in [0.15, 0.2) is 11.5 Å². The Morgan fingerprint density at radius 2 is 1.97 bits per heavy atom. The van der Waals surface area contributed by atoms with Crippen molar-refractivity contribution in [2.45, 2.75) is 32.8 Å². The van der Waals surface area contributed by atoms with Gasteiger partial charge in [-0.25, -0.2) is 0 Å². The van der Waals surface area contributed by atoms with Crippen LogP contribution in [0.15, 0.2) is 34.9 Å². The molecule has 1 fully saturated rings. The average Bonchev–Trinajstić information content (AvgIpc) is 3.27. The molecule has 9 nitrogen and oxygen atoms in total. The lowest BCUT2D eigenvalue weighted by Crippen LogP contribution is -2.41. The first kappa shape index (κ1) is 22.8. The van der Waals surface area contributed by atoms with Crippen molar-refractivity contribution in [1.29, 1.82) is 0 Å². The van der Waals surface area contributed by atoms with Gasteiger partial charge >= 0.3 is 0 Å². The number of morpholine rings is 1. The van der Waals surface area contributed by atoms with Crippen LogP contribution in [0.4, 0.5) is 5.69 Å². The van der Waals surface area contributed by atoms with E-state index in [4.69, 9.17) is 14.0 Å². The number of hydrogen-bond donors (Lipinski definition) is 2. The number of amides is 2. The molecule has 0 radical (unpaired) electrons. The molecule has 3 rings (SSSR count). The van der Waals surface area contributed by atoms with E-state index in [0.29, 0.717) is 24.5 Å². The normalized spacial score (nSPS) is 14.2. The van der Waals surface area contributed by atoms with Gasteiger partial charge in [-0.15, -0.1) is 0 Å². The molecule has 1 aromatic carbocycles. The molecule has 0 saturated carbocycles. The van der Waals surface area contributed by atoms with E-state index in [1.807, 2.05) is 0 Å². The first-order chi connectivity index (χ1) is 15.1. The maximum absolute atomic E-state index is 12.2. The molecule has 0 atom stereocenters. The van der Waals surface area contributed by atoms with Crippen molar-refractivity contribution in [3.05, 3.63) is 41.8 Å². The number of carbonyl (C=O) groups is 2. The summed E-state index contributed by atoms with van der Waals surface area (Å²) in [5.41, 5.74) is 0.954. The number of carbonyl (C=O) groups excluding carboxylic acids is 2. The van der Waals surface area contributed by atoms with Crippen molar-refractivity contribution in [1.82, 2.24) is 15.4 Å². The summed E-state index contributed by atoms with van der Waals surface area (Å²) in [6.07, 6.45) is 2.38. The maximum Gasteiger partial charge on any atom is 0.273 e. The Hall–Kier alpha value is -2.91. The Bertz CT molecular complexity index is 831. The second kappa shape index (κ2) is 12.1. The first-order valence-corrected chi connectivity index (χ1v) is 10.7. The van der Waals surface area contributed by atoms with Crippen molar-refractivity contribution in [2.24, 2.45) is 0 Å². The summed E-state index contributed by atoms with van der Waals surface area (Å²) in [5, 5.41) is 9.52. The standard InChI is InChI=1S/C22H30N4O5/c1-2-3-4-21(27)24-17-5-7-18(8-6-17)30-16-19-15-20(25-31-19)22(28)23-9-10-26-11-13-29-14-12-26/h5-8,15H,2-4,9-14,16H2,1H3,(H,23,28)(H,24,27). The lowest BCUT2D eigenvalue weighted by atomic mass is 10.2. The quantitative estimate of drug-likeness (QED) is 0.564. The van der Waals surface area contributed by atoms with Crippen LogP contribution in [-0.2, 0) is 16.1 Å². The molecule has 0 aliphatic carbocycles. The maximum atomic E-state index is 12.2. The third-order valence-electron chi connectivity index (χ3n) is 4.89. The van der Waals surface area contributed by atoms with Gasteiger partial charge in [0.25, 0.3) is 5.91 Å². The van der Waals surface area contributed by atoms with E-state index >= 15 is 0 Å². The van der Waals surface area contributed by atoms with Crippen LogP contribution in [0, 0.1) is 0 Å². The van der Waals surface area contributed by atoms with E-state index in [9.17, 15) is 9.59 Å². The zero-order chi connectivity index (χ0) is 21.9. The number of ether oxygens (including phenoxy) is 2. The zero-order valence-corrected chi connectivity index (χ0v) is 17.9. The Kier molecular flexibility index (Phi) is 8.86. The Labute approximate surface area is 182 Å². The summed E-state index contributed by atoms with van der Waals surface area (Å²) in [6, 6.07) is 8.68. The summed E-state index contributed by atoms with van der Waals surface area (Å²) < 4.78 is 16.2. The minimum Gasteiger partial charge on any atom is -0.486 e. The second-order valence-corrected chi connectivity index (χ2v) is 7.35. The van der Waals surface area contributed by atoms with Crippen LogP contribution >= 0.6 is 0 Å². The van der Waals surface area contributed by atoms with Crippen LogP contribution in [-0.4, -0.2) is 61.3 Å². The van der Waals surface area contributed by atoms with Crippen LogP contribution < -0.4 is 15.4 Å². The molecule has 0 bridgehead atoms. The fourth-order valence-electron chi connectivity index (χ4n) is 3.08. The van der Waals surface area contributed by atoms with Crippen molar-refractivity contribution >= 4 is 17.5 Å². The summed E-state index contributed by atoms with van der Waals surface area (Å²) in [6.45, 7) is 6.75. The molecule has 1 aliphatic heterocycles. The minimum absolute atomic E-state index is 0.00734. The van der Waals surface area contributed by atoms with E-state index in [1.54, 1.807) is 30.3 Å². The molecule has 2 N–H and O–H groups in total. The van der Waals surface area contributed by atoms with Crippen molar-refractivity contribution < 1.29 is 23.6 Å². The molecule has 31 heavy (non-hydrogen) atoms. The SMILES string of the molecule is CCCCC(=O)Nc1ccc(OCc2cc(C(=O)NCCN3CCOCC3)no2)cc1. The number of nitrogens with zero attached hydrogens (tertiary/aromatic N) is 2. The number of hydrogen-bond acceptors (Lipinski definition) is 7. The predicted octanol–water partition coefficient (Wildman–Crippen LogP) is 2.44. The predicted molar refractivity (Wildman–Crippen MR) is 115 cm³/mol. The number of benzene rings is 1. The molecule has 168 valence electrons. The molecular weight excluding hydrogens is 400 g/mol. The van der Waals surface area contributed by atoms with E-state index in [1.165, 1.54) is 0 Å². The molecule has 1 aromatic heterocycles. The number of rotatable bonds is 11. The smallest absolute Gasteiger partial charge is 0.273 e. The van der Waals surface area contributed by atoms with E-state index in [-0.39, 0.29) is 24.1 Å². The zero-order valence-electron chi connectivity index (χ0n) is 17.9. The number of unbranched alkanes of at least 4 members (excludes halogenated alkanes) is 1. The van der Waals surface area contributed by atoms with Crippen LogP contribution in [0.3, 0.4) is 0 Å². The highest BCUT2D eigenvalue weighted by Gasteiger charge is 2.14. The number of aromatic nitrogens is 1. The van der Waals surface area contributed by atoms with E-state index in [0.717, 1.165) is 51.4 Å². The van der Waals surface area contributed by atoms with Crippen molar-refractivity contribution in [3.63, 3.8) is 0 Å². The first-order valence-electron chi connectivity index (χ1n) is 10.7. The van der Waals surface area contributed by atoms with Crippen LogP contribution in [0.25, 0.3) is 0 Å². The molecule has 2 aromatic rings. The van der Waals surface area contributed by atoms with Gasteiger partial charge in [-0.05, 0) is 30.7 Å². The lowest BCUT2D eigenvalue weighted by Gasteiger charge is -2.26. The van der Waals surface area contributed by atoms with E-state index in [2.05, 4.69) is 27.6 Å². The van der Waals surface area contributed by atoms with Crippen LogP contribution in [0.1, 0.15) is 42.4 Å². The Balaban J connectivity index is 1.39. The average molecular weight is 431 g/mol. The van der Waals surface area contributed by atoms with Gasteiger partial charge in [0.1, 0.15) is 12.4 Å². The Morgan fingerprint density at radius 3 is 2.71 bits per heavy atom. The van der Waals surface area contributed by atoms with Gasteiger partial charge in [-0.2, -0.15) is 0 Å². The van der Waals surface area contributed by atoms with Gasteiger partial charge in [-0.1, -0.05) is 18.5 Å². The molecule has 0 unspecified atom stereocenters. The highest BCUT2D eigenvalue weighted by Crippen LogP contribution is 2.18. The fraction of sp³-hybridized carbons (Fsp3) is 0.500. The molecule has 0 spiro atoms. The van der Waals surface area contributed by atoms with Crippen molar-refractivity contribution in [3.8, 4) is 5.75 Å². The molecule has 9 heteroatoms. The molecular formula is C22H30N4O5. The largest absolute Gasteiger partial charge is 0.486 e.